The lowest BCUT2D eigenvalue weighted by Crippen LogP contribution is -2.32. The largest absolute Gasteiger partial charge is 0.481 e. The van der Waals surface area contributed by atoms with Crippen molar-refractivity contribution in [3.05, 3.63) is 0 Å². The van der Waals surface area contributed by atoms with E-state index in [4.69, 9.17) is 5.11 Å². The minimum Gasteiger partial charge on any atom is -0.481 e. The molecular weight excluding hydrogens is 178 g/mol. The molecule has 1 atom stereocenters. The van der Waals surface area contributed by atoms with E-state index in [9.17, 15) is 4.79 Å². The second-order valence-electron chi connectivity index (χ2n) is 4.13. The van der Waals surface area contributed by atoms with Crippen molar-refractivity contribution in [1.29, 1.82) is 0 Å². The van der Waals surface area contributed by atoms with Crippen molar-refractivity contribution >= 4 is 5.97 Å². The van der Waals surface area contributed by atoms with Crippen LogP contribution in [0.4, 0.5) is 0 Å². The first-order valence-corrected chi connectivity index (χ1v) is 5.69. The maximum absolute atomic E-state index is 10.8. The topological polar surface area (TPSA) is 40.5 Å². The Morgan fingerprint density at radius 2 is 2.00 bits per heavy atom. The van der Waals surface area contributed by atoms with Gasteiger partial charge in [-0.15, -0.1) is 0 Å². The van der Waals surface area contributed by atoms with E-state index in [2.05, 4.69) is 4.90 Å². The molecule has 0 saturated carbocycles. The summed E-state index contributed by atoms with van der Waals surface area (Å²) in [6.45, 7) is 5.24. The highest BCUT2D eigenvalue weighted by molar-refractivity contribution is 5.69. The molecule has 14 heavy (non-hydrogen) atoms. The summed E-state index contributed by atoms with van der Waals surface area (Å²) in [7, 11) is 0. The Morgan fingerprint density at radius 3 is 2.50 bits per heavy atom. The summed E-state index contributed by atoms with van der Waals surface area (Å²) in [5.74, 6) is -0.776. The number of nitrogens with zero attached hydrogens (tertiary/aromatic N) is 1. The maximum atomic E-state index is 10.8. The monoisotopic (exact) mass is 199 g/mol. The van der Waals surface area contributed by atoms with Crippen LogP contribution in [0, 0.1) is 5.92 Å². The van der Waals surface area contributed by atoms with Gasteiger partial charge >= 0.3 is 5.97 Å². The lowest BCUT2D eigenvalue weighted by atomic mass is 10.0. The van der Waals surface area contributed by atoms with Crippen molar-refractivity contribution in [2.75, 3.05) is 19.6 Å². The van der Waals surface area contributed by atoms with Crippen LogP contribution >= 0.6 is 0 Å². The fourth-order valence-electron chi connectivity index (χ4n) is 2.02. The van der Waals surface area contributed by atoms with Gasteiger partial charge < -0.3 is 10.0 Å². The summed E-state index contributed by atoms with van der Waals surface area (Å²) in [5, 5.41) is 8.88. The van der Waals surface area contributed by atoms with Gasteiger partial charge in [0.25, 0.3) is 0 Å². The molecule has 1 rings (SSSR count). The van der Waals surface area contributed by atoms with Gasteiger partial charge in [-0.2, -0.15) is 0 Å². The molecule has 3 heteroatoms. The van der Waals surface area contributed by atoms with E-state index < -0.39 is 5.97 Å². The lowest BCUT2D eigenvalue weighted by Gasteiger charge is -2.27. The van der Waals surface area contributed by atoms with Gasteiger partial charge in [0.05, 0.1) is 5.92 Å². The van der Waals surface area contributed by atoms with Gasteiger partial charge in [-0.05, 0) is 45.3 Å². The Labute approximate surface area is 86.1 Å². The summed E-state index contributed by atoms with van der Waals surface area (Å²) in [6, 6.07) is 0. The van der Waals surface area contributed by atoms with Gasteiger partial charge in [-0.3, -0.25) is 4.79 Å². The quantitative estimate of drug-likeness (QED) is 0.736. The molecule has 1 aliphatic heterocycles. The van der Waals surface area contributed by atoms with Crippen LogP contribution in [-0.2, 0) is 4.79 Å². The maximum Gasteiger partial charge on any atom is 0.306 e. The van der Waals surface area contributed by atoms with Crippen LogP contribution < -0.4 is 0 Å². The van der Waals surface area contributed by atoms with E-state index in [1.54, 1.807) is 0 Å². The van der Waals surface area contributed by atoms with Crippen LogP contribution in [0.5, 0.6) is 0 Å². The van der Waals surface area contributed by atoms with Crippen molar-refractivity contribution in [2.45, 2.75) is 39.0 Å². The number of carboxylic acid groups (broad SMARTS) is 1. The fourth-order valence-corrected chi connectivity index (χ4v) is 2.02. The molecule has 0 bridgehead atoms. The summed E-state index contributed by atoms with van der Waals surface area (Å²) in [6.07, 6.45) is 5.47. The number of hydrogen-bond acceptors (Lipinski definition) is 2. The Bertz CT molecular complexity index is 176. The zero-order chi connectivity index (χ0) is 10.4. The normalized spacial score (nSPS) is 20.6. The van der Waals surface area contributed by atoms with Crippen LogP contribution in [0.1, 0.15) is 39.0 Å². The van der Waals surface area contributed by atoms with Gasteiger partial charge in [-0.1, -0.05) is 13.3 Å². The molecular formula is C11H21NO2. The smallest absolute Gasteiger partial charge is 0.306 e. The molecule has 1 unspecified atom stereocenters. The Kier molecular flexibility index (Phi) is 4.94. The molecule has 0 aliphatic carbocycles. The van der Waals surface area contributed by atoms with Gasteiger partial charge in [0.1, 0.15) is 0 Å². The highest BCUT2D eigenvalue weighted by atomic mass is 16.4. The summed E-state index contributed by atoms with van der Waals surface area (Å²) >= 11 is 0. The molecule has 3 nitrogen and oxygen atoms in total. The standard InChI is InChI=1S/C11H21NO2/c1-2-10(11(13)14)6-9-12-7-4-3-5-8-12/h10H,2-9H2,1H3,(H,13,14). The first-order valence-electron chi connectivity index (χ1n) is 5.69. The Hall–Kier alpha value is -0.570. The van der Waals surface area contributed by atoms with Crippen LogP contribution in [-0.4, -0.2) is 35.6 Å². The van der Waals surface area contributed by atoms with Crippen molar-refractivity contribution in [2.24, 2.45) is 5.92 Å². The van der Waals surface area contributed by atoms with E-state index in [0.717, 1.165) is 32.5 Å². The van der Waals surface area contributed by atoms with Crippen molar-refractivity contribution in [3.8, 4) is 0 Å². The molecule has 1 saturated heterocycles. The zero-order valence-electron chi connectivity index (χ0n) is 9.04. The van der Waals surface area contributed by atoms with Gasteiger partial charge in [0.2, 0.25) is 0 Å². The Balaban J connectivity index is 2.20. The average molecular weight is 199 g/mol. The van der Waals surface area contributed by atoms with Crippen LogP contribution in [0.15, 0.2) is 0 Å². The highest BCUT2D eigenvalue weighted by Crippen LogP contribution is 2.13. The second-order valence-corrected chi connectivity index (χ2v) is 4.13. The average Bonchev–Trinajstić information content (AvgIpc) is 2.20. The van der Waals surface area contributed by atoms with E-state index >= 15 is 0 Å². The number of rotatable bonds is 5. The number of likely N-dealkylation sites (tertiary alicyclic amines) is 1. The van der Waals surface area contributed by atoms with E-state index in [1.165, 1.54) is 19.3 Å². The molecule has 1 fully saturated rings. The van der Waals surface area contributed by atoms with E-state index in [-0.39, 0.29) is 5.92 Å². The Morgan fingerprint density at radius 1 is 1.36 bits per heavy atom. The van der Waals surface area contributed by atoms with Crippen molar-refractivity contribution < 1.29 is 9.90 Å². The minimum absolute atomic E-state index is 0.142. The molecule has 0 aromatic carbocycles. The highest BCUT2D eigenvalue weighted by Gasteiger charge is 2.17. The van der Waals surface area contributed by atoms with E-state index in [0.29, 0.717) is 0 Å². The second kappa shape index (κ2) is 6.02. The van der Waals surface area contributed by atoms with E-state index in [1.807, 2.05) is 6.92 Å². The molecule has 1 N–H and O–H groups in total. The fraction of sp³-hybridized carbons (Fsp3) is 0.909. The SMILES string of the molecule is CCC(CCN1CCCCC1)C(=O)O. The lowest BCUT2D eigenvalue weighted by molar-refractivity contribution is -0.142. The third-order valence-electron chi connectivity index (χ3n) is 3.08. The van der Waals surface area contributed by atoms with Crippen molar-refractivity contribution in [3.63, 3.8) is 0 Å². The third kappa shape index (κ3) is 3.66. The van der Waals surface area contributed by atoms with Crippen LogP contribution in [0.3, 0.4) is 0 Å². The predicted octanol–water partition coefficient (Wildman–Crippen LogP) is 1.97. The zero-order valence-corrected chi connectivity index (χ0v) is 9.04. The predicted molar refractivity (Wildman–Crippen MR) is 56.3 cm³/mol. The number of aliphatic carboxylic acids is 1. The van der Waals surface area contributed by atoms with Gasteiger partial charge in [0, 0.05) is 0 Å². The van der Waals surface area contributed by atoms with Crippen LogP contribution in [0.2, 0.25) is 0 Å². The summed E-state index contributed by atoms with van der Waals surface area (Å²) < 4.78 is 0. The molecule has 1 aliphatic rings. The molecule has 0 amide bonds. The summed E-state index contributed by atoms with van der Waals surface area (Å²) in [5.41, 5.74) is 0. The number of carbonyl (C=O) groups is 1. The summed E-state index contributed by atoms with van der Waals surface area (Å²) in [4.78, 5) is 13.2. The number of hydrogen-bond donors (Lipinski definition) is 1. The number of carboxylic acids is 1. The van der Waals surface area contributed by atoms with Crippen LogP contribution in [0.25, 0.3) is 0 Å². The van der Waals surface area contributed by atoms with Gasteiger partial charge in [0.15, 0.2) is 0 Å². The third-order valence-corrected chi connectivity index (χ3v) is 3.08. The molecule has 0 radical (unpaired) electrons. The first-order chi connectivity index (χ1) is 6.74. The molecule has 0 aromatic rings. The van der Waals surface area contributed by atoms with Crippen molar-refractivity contribution in [1.82, 2.24) is 4.90 Å². The van der Waals surface area contributed by atoms with Gasteiger partial charge in [-0.25, -0.2) is 0 Å². The minimum atomic E-state index is -0.635. The first kappa shape index (κ1) is 11.5. The molecule has 82 valence electrons. The number of piperidine rings is 1. The molecule has 1 heterocycles. The molecule has 0 aromatic heterocycles. The molecule has 0 spiro atoms.